The smallest absolute Gasteiger partial charge is 0.133 e. The number of carbonyl (C=O) groups excluding carboxylic acids is 1. The number of hydrogen-bond donors (Lipinski definition) is 2. The molecule has 1 heterocycles. The van der Waals surface area contributed by atoms with Crippen LogP contribution in [0.4, 0.5) is 11.6 Å². The highest BCUT2D eigenvalue weighted by Gasteiger charge is 2.19. The minimum Gasteiger partial charge on any atom is -0.367 e. The van der Waals surface area contributed by atoms with Crippen LogP contribution in [-0.2, 0) is 4.79 Å². The summed E-state index contributed by atoms with van der Waals surface area (Å²) in [6.45, 7) is 6.28. The Kier molecular flexibility index (Phi) is 4.02. The first kappa shape index (κ1) is 13.8. The molecule has 0 aromatic carbocycles. The third kappa shape index (κ3) is 4.50. The van der Waals surface area contributed by atoms with Gasteiger partial charge in [0.15, 0.2) is 0 Å². The average Bonchev–Trinajstić information content (AvgIpc) is 2.30. The third-order valence-electron chi connectivity index (χ3n) is 3.07. The van der Waals surface area contributed by atoms with Gasteiger partial charge in [-0.25, -0.2) is 9.97 Å². The maximum absolute atomic E-state index is 11.2. The molecule has 0 atom stereocenters. The minimum absolute atomic E-state index is 0.0249. The van der Waals surface area contributed by atoms with Crippen LogP contribution in [0, 0.1) is 0 Å². The van der Waals surface area contributed by atoms with Gasteiger partial charge in [0, 0.05) is 30.5 Å². The van der Waals surface area contributed by atoms with Gasteiger partial charge in [-0.3, -0.25) is 4.79 Å². The van der Waals surface area contributed by atoms with Crippen LogP contribution < -0.4 is 10.6 Å². The second kappa shape index (κ2) is 5.55. The van der Waals surface area contributed by atoms with Crippen molar-refractivity contribution in [2.75, 3.05) is 10.6 Å². The molecule has 1 aromatic rings. The van der Waals surface area contributed by atoms with Crippen molar-refractivity contribution in [3.8, 4) is 0 Å². The summed E-state index contributed by atoms with van der Waals surface area (Å²) in [7, 11) is 0. The SMILES string of the molecule is CC(C)(C)Nc1cc(NC2CCC(=O)CC2)ncn1. The molecule has 104 valence electrons. The lowest BCUT2D eigenvalue weighted by molar-refractivity contribution is -0.120. The molecule has 1 fully saturated rings. The maximum atomic E-state index is 11.2. The van der Waals surface area contributed by atoms with Crippen molar-refractivity contribution in [3.63, 3.8) is 0 Å². The summed E-state index contributed by atoms with van der Waals surface area (Å²) in [6, 6.07) is 2.26. The normalized spacial score (nSPS) is 17.3. The number of ketones is 1. The van der Waals surface area contributed by atoms with Gasteiger partial charge in [0.2, 0.25) is 0 Å². The second-order valence-corrected chi connectivity index (χ2v) is 6.12. The van der Waals surface area contributed by atoms with Gasteiger partial charge >= 0.3 is 0 Å². The summed E-state index contributed by atoms with van der Waals surface area (Å²) >= 11 is 0. The standard InChI is InChI=1S/C14H22N4O/c1-14(2,3)18-13-8-12(15-9-16-13)17-10-4-6-11(19)7-5-10/h8-10H,4-7H2,1-3H3,(H2,15,16,17,18). The Morgan fingerprint density at radius 3 is 2.42 bits per heavy atom. The summed E-state index contributed by atoms with van der Waals surface area (Å²) in [4.78, 5) is 19.7. The topological polar surface area (TPSA) is 66.9 Å². The van der Waals surface area contributed by atoms with Crippen molar-refractivity contribution < 1.29 is 4.79 Å². The molecule has 5 heteroatoms. The van der Waals surface area contributed by atoms with Crippen LogP contribution >= 0.6 is 0 Å². The van der Waals surface area contributed by atoms with Crippen molar-refractivity contribution in [3.05, 3.63) is 12.4 Å². The van der Waals surface area contributed by atoms with Crippen molar-refractivity contribution in [2.45, 2.75) is 58.0 Å². The monoisotopic (exact) mass is 262 g/mol. The lowest BCUT2D eigenvalue weighted by Gasteiger charge is -2.24. The summed E-state index contributed by atoms with van der Waals surface area (Å²) in [5, 5.41) is 6.70. The van der Waals surface area contributed by atoms with Crippen molar-refractivity contribution >= 4 is 17.4 Å². The molecule has 0 aliphatic heterocycles. The van der Waals surface area contributed by atoms with E-state index in [0.717, 1.165) is 24.5 Å². The molecular formula is C14H22N4O. The Bertz CT molecular complexity index is 443. The largest absolute Gasteiger partial charge is 0.367 e. The lowest BCUT2D eigenvalue weighted by Crippen LogP contribution is -2.28. The van der Waals surface area contributed by atoms with Gasteiger partial charge in [-0.05, 0) is 33.6 Å². The molecule has 0 spiro atoms. The molecule has 1 aliphatic carbocycles. The molecule has 0 amide bonds. The first-order valence-electron chi connectivity index (χ1n) is 6.81. The summed E-state index contributed by atoms with van der Waals surface area (Å²) in [5.74, 6) is 2.01. The molecule has 0 saturated heterocycles. The number of aromatic nitrogens is 2. The fourth-order valence-corrected chi connectivity index (χ4v) is 2.18. The van der Waals surface area contributed by atoms with Gasteiger partial charge in [-0.15, -0.1) is 0 Å². The molecule has 1 aromatic heterocycles. The number of nitrogens with zero attached hydrogens (tertiary/aromatic N) is 2. The Labute approximate surface area is 114 Å². The first-order chi connectivity index (χ1) is 8.92. The number of nitrogens with one attached hydrogen (secondary N) is 2. The van der Waals surface area contributed by atoms with E-state index in [1.807, 2.05) is 6.07 Å². The Hall–Kier alpha value is -1.65. The van der Waals surface area contributed by atoms with Crippen LogP contribution in [0.1, 0.15) is 46.5 Å². The molecular weight excluding hydrogens is 240 g/mol. The van der Waals surface area contributed by atoms with Crippen molar-refractivity contribution in [2.24, 2.45) is 0 Å². The molecule has 1 aliphatic rings. The first-order valence-corrected chi connectivity index (χ1v) is 6.81. The Morgan fingerprint density at radius 1 is 1.16 bits per heavy atom. The van der Waals surface area contributed by atoms with E-state index in [9.17, 15) is 4.79 Å². The molecule has 1 saturated carbocycles. The molecule has 0 bridgehead atoms. The highest BCUT2D eigenvalue weighted by atomic mass is 16.1. The fraction of sp³-hybridized carbons (Fsp3) is 0.643. The highest BCUT2D eigenvalue weighted by Crippen LogP contribution is 2.20. The molecule has 0 unspecified atom stereocenters. The van der Waals surface area contributed by atoms with Gasteiger partial charge in [-0.2, -0.15) is 0 Å². The minimum atomic E-state index is -0.0249. The number of anilines is 2. The van der Waals surface area contributed by atoms with E-state index in [0.29, 0.717) is 24.7 Å². The van der Waals surface area contributed by atoms with E-state index < -0.39 is 0 Å². The predicted molar refractivity (Wildman–Crippen MR) is 76.3 cm³/mol. The number of hydrogen-bond acceptors (Lipinski definition) is 5. The summed E-state index contributed by atoms with van der Waals surface area (Å²) in [5.41, 5.74) is -0.0249. The van der Waals surface area contributed by atoms with Crippen LogP contribution in [0.2, 0.25) is 0 Å². The number of rotatable bonds is 3. The van der Waals surface area contributed by atoms with Gasteiger partial charge in [0.1, 0.15) is 23.7 Å². The molecule has 19 heavy (non-hydrogen) atoms. The third-order valence-corrected chi connectivity index (χ3v) is 3.07. The van der Waals surface area contributed by atoms with Gasteiger partial charge in [0.25, 0.3) is 0 Å². The quantitative estimate of drug-likeness (QED) is 0.876. The Balaban J connectivity index is 1.97. The number of carbonyl (C=O) groups is 1. The second-order valence-electron chi connectivity index (χ2n) is 6.12. The van der Waals surface area contributed by atoms with Gasteiger partial charge in [0.05, 0.1) is 0 Å². The average molecular weight is 262 g/mol. The van der Waals surface area contributed by atoms with Crippen molar-refractivity contribution in [1.82, 2.24) is 9.97 Å². The van der Waals surface area contributed by atoms with E-state index in [4.69, 9.17) is 0 Å². The zero-order chi connectivity index (χ0) is 13.9. The van der Waals surface area contributed by atoms with Crippen LogP contribution in [0.25, 0.3) is 0 Å². The fourth-order valence-electron chi connectivity index (χ4n) is 2.18. The van der Waals surface area contributed by atoms with Crippen molar-refractivity contribution in [1.29, 1.82) is 0 Å². The maximum Gasteiger partial charge on any atom is 0.133 e. The predicted octanol–water partition coefficient (Wildman–Crippen LogP) is 2.61. The van der Waals surface area contributed by atoms with Gasteiger partial charge in [-0.1, -0.05) is 0 Å². The van der Waals surface area contributed by atoms with Crippen LogP contribution in [0.3, 0.4) is 0 Å². The lowest BCUT2D eigenvalue weighted by atomic mass is 9.94. The summed E-state index contributed by atoms with van der Waals surface area (Å²) < 4.78 is 0. The van der Waals surface area contributed by atoms with Crippen LogP contribution in [0.15, 0.2) is 12.4 Å². The van der Waals surface area contributed by atoms with Crippen LogP contribution in [-0.4, -0.2) is 27.3 Å². The highest BCUT2D eigenvalue weighted by molar-refractivity contribution is 5.79. The molecule has 5 nitrogen and oxygen atoms in total. The number of Topliss-reactive ketones (excluding diaryl/α,β-unsaturated/α-hetero) is 1. The summed E-state index contributed by atoms with van der Waals surface area (Å²) in [6.07, 6.45) is 4.70. The Morgan fingerprint density at radius 2 is 1.79 bits per heavy atom. The zero-order valence-electron chi connectivity index (χ0n) is 11.9. The van der Waals surface area contributed by atoms with E-state index in [1.54, 1.807) is 6.33 Å². The van der Waals surface area contributed by atoms with E-state index >= 15 is 0 Å². The van der Waals surface area contributed by atoms with Crippen LogP contribution in [0.5, 0.6) is 0 Å². The molecule has 2 rings (SSSR count). The zero-order valence-corrected chi connectivity index (χ0v) is 11.9. The van der Waals surface area contributed by atoms with E-state index in [-0.39, 0.29) is 5.54 Å². The molecule has 0 radical (unpaired) electrons. The van der Waals surface area contributed by atoms with E-state index in [1.165, 1.54) is 0 Å². The molecule has 2 N–H and O–H groups in total. The van der Waals surface area contributed by atoms with E-state index in [2.05, 4.69) is 41.4 Å². The van der Waals surface area contributed by atoms with Gasteiger partial charge < -0.3 is 10.6 Å².